The summed E-state index contributed by atoms with van der Waals surface area (Å²) in [6.07, 6.45) is 2.86. The minimum absolute atomic E-state index is 0.363. The van der Waals surface area contributed by atoms with Crippen LogP contribution < -0.4 is 0 Å². The van der Waals surface area contributed by atoms with E-state index in [1.54, 1.807) is 6.26 Å². The highest BCUT2D eigenvalue weighted by Crippen LogP contribution is 2.05. The number of thiocarbonyl (C=S) groups is 1. The van der Waals surface area contributed by atoms with E-state index in [0.717, 1.165) is 10.6 Å². The molecule has 0 bridgehead atoms. The van der Waals surface area contributed by atoms with Crippen molar-refractivity contribution in [2.75, 3.05) is 19.6 Å². The van der Waals surface area contributed by atoms with E-state index < -0.39 is 10.0 Å². The van der Waals surface area contributed by atoms with Gasteiger partial charge in [0.2, 0.25) is 10.0 Å². The molecule has 0 aliphatic rings. The topological polar surface area (TPSA) is 37.4 Å². The van der Waals surface area contributed by atoms with Crippen molar-refractivity contribution >= 4 is 38.3 Å². The number of thioether (sulfide) groups is 1. The normalized spacial score (nSPS) is 11.1. The Bertz CT molecular complexity index is 221. The molecule has 0 heterocycles. The van der Waals surface area contributed by atoms with Crippen LogP contribution in [0, 0.1) is 0 Å². The lowest BCUT2D eigenvalue weighted by atomic mass is 11.2. The van der Waals surface area contributed by atoms with E-state index in [2.05, 4.69) is 0 Å². The molecule has 0 aromatic heterocycles. The van der Waals surface area contributed by atoms with Gasteiger partial charge in [-0.25, -0.2) is 8.42 Å². The first kappa shape index (κ1) is 10.2. The van der Waals surface area contributed by atoms with Gasteiger partial charge in [-0.1, -0.05) is 24.0 Å². The predicted molar refractivity (Wildman–Crippen MR) is 48.7 cm³/mol. The Morgan fingerprint density at radius 1 is 1.60 bits per heavy atom. The van der Waals surface area contributed by atoms with Gasteiger partial charge >= 0.3 is 0 Å². The maximum absolute atomic E-state index is 10.8. The summed E-state index contributed by atoms with van der Waals surface area (Å²) < 4.78 is 23.0. The minimum Gasteiger partial charge on any atom is -0.258 e. The second kappa shape index (κ2) is 3.54. The SMILES string of the molecule is CSC(=S)N(C)S(C)(=O)=O. The van der Waals surface area contributed by atoms with E-state index in [9.17, 15) is 8.42 Å². The fourth-order valence-electron chi connectivity index (χ4n) is 0.264. The van der Waals surface area contributed by atoms with E-state index in [1.807, 2.05) is 0 Å². The Morgan fingerprint density at radius 2 is 2.00 bits per heavy atom. The second-order valence-electron chi connectivity index (χ2n) is 1.70. The van der Waals surface area contributed by atoms with Crippen LogP contribution in [0.1, 0.15) is 0 Å². The Hall–Kier alpha value is 0.190. The number of nitrogens with zero attached hydrogens (tertiary/aromatic N) is 1. The number of hydrogen-bond donors (Lipinski definition) is 0. The highest BCUT2D eigenvalue weighted by molar-refractivity contribution is 8.23. The van der Waals surface area contributed by atoms with Crippen LogP contribution in [0.15, 0.2) is 0 Å². The summed E-state index contributed by atoms with van der Waals surface area (Å²) in [6.45, 7) is 0. The summed E-state index contributed by atoms with van der Waals surface area (Å²) >= 11 is 5.97. The van der Waals surface area contributed by atoms with Crippen molar-refractivity contribution in [2.24, 2.45) is 0 Å². The smallest absolute Gasteiger partial charge is 0.233 e. The first-order chi connectivity index (χ1) is 4.39. The van der Waals surface area contributed by atoms with Gasteiger partial charge in [-0.3, -0.25) is 4.31 Å². The first-order valence-corrected chi connectivity index (χ1v) is 5.89. The number of hydrogen-bond acceptors (Lipinski definition) is 4. The van der Waals surface area contributed by atoms with Crippen LogP contribution in [0.2, 0.25) is 0 Å². The monoisotopic (exact) mass is 199 g/mol. The van der Waals surface area contributed by atoms with Crippen LogP contribution in [-0.4, -0.2) is 36.6 Å². The van der Waals surface area contributed by atoms with Crippen molar-refractivity contribution in [1.29, 1.82) is 0 Å². The predicted octanol–water partition coefficient (Wildman–Crippen LogP) is 0.526. The molecule has 0 saturated heterocycles. The fourth-order valence-corrected chi connectivity index (χ4v) is 1.83. The van der Waals surface area contributed by atoms with Gasteiger partial charge in [-0.05, 0) is 6.26 Å². The molecule has 0 atom stereocenters. The average Bonchev–Trinajstić information content (AvgIpc) is 1.83. The van der Waals surface area contributed by atoms with Gasteiger partial charge in [0.25, 0.3) is 0 Å². The van der Waals surface area contributed by atoms with Crippen LogP contribution in [-0.2, 0) is 10.0 Å². The third-order valence-electron chi connectivity index (χ3n) is 0.929. The van der Waals surface area contributed by atoms with E-state index >= 15 is 0 Å². The molecule has 0 unspecified atom stereocenters. The van der Waals surface area contributed by atoms with Crippen molar-refractivity contribution in [3.05, 3.63) is 0 Å². The molecular weight excluding hydrogens is 190 g/mol. The molecule has 0 aliphatic carbocycles. The minimum atomic E-state index is -3.14. The maximum Gasteiger partial charge on any atom is 0.233 e. The highest BCUT2D eigenvalue weighted by atomic mass is 32.2. The zero-order valence-electron chi connectivity index (χ0n) is 5.99. The van der Waals surface area contributed by atoms with Gasteiger partial charge < -0.3 is 0 Å². The standard InChI is InChI=1S/C4H9NO2S3/c1-5(4(8)9-2)10(3,6)7/h1-3H3. The zero-order valence-corrected chi connectivity index (χ0v) is 8.44. The van der Waals surface area contributed by atoms with Crippen molar-refractivity contribution in [2.45, 2.75) is 0 Å². The summed E-state index contributed by atoms with van der Waals surface area (Å²) in [4.78, 5) is 0. The van der Waals surface area contributed by atoms with Crippen LogP contribution in [0.5, 0.6) is 0 Å². The van der Waals surface area contributed by atoms with Crippen LogP contribution >= 0.6 is 24.0 Å². The molecule has 0 rings (SSSR count). The lowest BCUT2D eigenvalue weighted by Crippen LogP contribution is -2.28. The van der Waals surface area contributed by atoms with E-state index in [1.165, 1.54) is 18.8 Å². The number of rotatable bonds is 1. The highest BCUT2D eigenvalue weighted by Gasteiger charge is 2.12. The average molecular weight is 199 g/mol. The van der Waals surface area contributed by atoms with Crippen molar-refractivity contribution in [3.63, 3.8) is 0 Å². The summed E-state index contributed by atoms with van der Waals surface area (Å²) in [5, 5.41) is 0. The summed E-state index contributed by atoms with van der Waals surface area (Å²) in [6, 6.07) is 0. The molecule has 0 aliphatic heterocycles. The van der Waals surface area contributed by atoms with Crippen molar-refractivity contribution in [1.82, 2.24) is 4.31 Å². The van der Waals surface area contributed by atoms with Gasteiger partial charge in [0.1, 0.15) is 4.32 Å². The molecule has 0 amide bonds. The van der Waals surface area contributed by atoms with Gasteiger partial charge in [0.15, 0.2) is 0 Å². The summed E-state index contributed by atoms with van der Waals surface area (Å²) in [7, 11) is -1.70. The molecule has 0 N–H and O–H groups in total. The Kier molecular flexibility index (Phi) is 3.61. The molecule has 6 heteroatoms. The molecule has 60 valence electrons. The molecule has 0 aromatic carbocycles. The molecule has 0 spiro atoms. The quantitative estimate of drug-likeness (QED) is 0.577. The van der Waals surface area contributed by atoms with Crippen LogP contribution in [0.25, 0.3) is 0 Å². The summed E-state index contributed by atoms with van der Waals surface area (Å²) in [5.74, 6) is 0. The summed E-state index contributed by atoms with van der Waals surface area (Å²) in [5.41, 5.74) is 0. The zero-order chi connectivity index (χ0) is 8.36. The second-order valence-corrected chi connectivity index (χ2v) is 5.15. The molecule has 0 radical (unpaired) electrons. The third kappa shape index (κ3) is 2.85. The maximum atomic E-state index is 10.8. The number of sulfonamides is 1. The van der Waals surface area contributed by atoms with Gasteiger partial charge in [0, 0.05) is 7.05 Å². The first-order valence-electron chi connectivity index (χ1n) is 2.41. The Morgan fingerprint density at radius 3 is 2.10 bits per heavy atom. The van der Waals surface area contributed by atoms with Crippen molar-refractivity contribution < 1.29 is 8.42 Å². The lowest BCUT2D eigenvalue weighted by Gasteiger charge is -2.14. The van der Waals surface area contributed by atoms with Crippen molar-refractivity contribution in [3.8, 4) is 0 Å². The van der Waals surface area contributed by atoms with Crippen LogP contribution in [0.4, 0.5) is 0 Å². The molecule has 0 saturated carbocycles. The van der Waals surface area contributed by atoms with Crippen LogP contribution in [0.3, 0.4) is 0 Å². The molecule has 3 nitrogen and oxygen atoms in total. The van der Waals surface area contributed by atoms with E-state index in [4.69, 9.17) is 12.2 Å². The molecular formula is C4H9NO2S3. The molecule has 0 fully saturated rings. The fraction of sp³-hybridized carbons (Fsp3) is 0.750. The van der Waals surface area contributed by atoms with E-state index in [0.29, 0.717) is 4.32 Å². The van der Waals surface area contributed by atoms with Gasteiger partial charge in [0.05, 0.1) is 6.26 Å². The molecule has 10 heavy (non-hydrogen) atoms. The van der Waals surface area contributed by atoms with Gasteiger partial charge in [-0.2, -0.15) is 0 Å². The third-order valence-corrected chi connectivity index (χ3v) is 3.73. The Balaban J connectivity index is 4.39. The largest absolute Gasteiger partial charge is 0.258 e. The Labute approximate surface area is 70.8 Å². The van der Waals surface area contributed by atoms with E-state index in [-0.39, 0.29) is 0 Å². The van der Waals surface area contributed by atoms with Gasteiger partial charge in [-0.15, -0.1) is 0 Å². The molecule has 0 aromatic rings. The lowest BCUT2D eigenvalue weighted by molar-refractivity contribution is 0.563.